The number of nitrogens with one attached hydrogen (secondary N) is 2. The van der Waals surface area contributed by atoms with E-state index in [0.29, 0.717) is 23.4 Å². The molecule has 132 valence electrons. The van der Waals surface area contributed by atoms with Crippen LogP contribution in [0.4, 0.5) is 11.4 Å². The highest BCUT2D eigenvalue weighted by Crippen LogP contribution is 2.37. The summed E-state index contributed by atoms with van der Waals surface area (Å²) in [4.78, 5) is 37.7. The molecule has 0 unspecified atom stereocenters. The fourth-order valence-corrected chi connectivity index (χ4v) is 3.64. The molecular formula is C18H15N3O5. The van der Waals surface area contributed by atoms with Crippen LogP contribution < -0.4 is 5.32 Å². The van der Waals surface area contributed by atoms with Crippen LogP contribution in [0.3, 0.4) is 0 Å². The maximum absolute atomic E-state index is 12.3. The van der Waals surface area contributed by atoms with Crippen molar-refractivity contribution in [1.29, 1.82) is 0 Å². The zero-order valence-corrected chi connectivity index (χ0v) is 13.7. The average Bonchev–Trinajstić information content (AvgIpc) is 3.12. The Balaban J connectivity index is 1.87. The first-order valence-corrected chi connectivity index (χ1v) is 8.24. The molecule has 1 aromatic carbocycles. The summed E-state index contributed by atoms with van der Waals surface area (Å²) in [6, 6.07) is 4.12. The summed E-state index contributed by atoms with van der Waals surface area (Å²) in [6.45, 7) is 0. The van der Waals surface area contributed by atoms with E-state index in [1.165, 1.54) is 24.3 Å². The van der Waals surface area contributed by atoms with Gasteiger partial charge in [-0.15, -0.1) is 0 Å². The molecule has 4 rings (SSSR count). The number of benzene rings is 1. The van der Waals surface area contributed by atoms with Crippen molar-refractivity contribution in [2.45, 2.75) is 25.7 Å². The van der Waals surface area contributed by atoms with Crippen molar-refractivity contribution in [3.05, 3.63) is 56.4 Å². The zero-order chi connectivity index (χ0) is 18.4. The van der Waals surface area contributed by atoms with Crippen molar-refractivity contribution in [3.63, 3.8) is 0 Å². The molecule has 0 fully saturated rings. The number of rotatable bonds is 3. The first kappa shape index (κ1) is 16.1. The molecule has 0 atom stereocenters. The van der Waals surface area contributed by atoms with E-state index in [0.717, 1.165) is 30.5 Å². The minimum atomic E-state index is -1.05. The summed E-state index contributed by atoms with van der Waals surface area (Å²) in [5.41, 5.74) is 3.16. The molecule has 0 saturated heterocycles. The van der Waals surface area contributed by atoms with Crippen LogP contribution in [0, 0.1) is 10.1 Å². The number of carbonyl (C=O) groups excluding carboxylic acids is 1. The summed E-state index contributed by atoms with van der Waals surface area (Å²) in [5, 5.41) is 23.3. The Labute approximate surface area is 147 Å². The smallest absolute Gasteiger partial charge is 0.338 e. The second-order valence-electron chi connectivity index (χ2n) is 6.38. The number of aromatic carboxylic acids is 1. The number of carboxylic acids is 1. The van der Waals surface area contributed by atoms with Gasteiger partial charge >= 0.3 is 5.97 Å². The number of non-ortho nitro benzene ring substituents is 1. The number of aromatic amines is 1. The Bertz CT molecular complexity index is 1000. The Morgan fingerprint density at radius 2 is 2.04 bits per heavy atom. The molecule has 0 radical (unpaired) electrons. The fraction of sp³-hybridized carbons (Fsp3) is 0.222. The highest BCUT2D eigenvalue weighted by atomic mass is 16.6. The lowest BCUT2D eigenvalue weighted by atomic mass is 9.94. The number of aryl methyl sites for hydroxylation is 1. The van der Waals surface area contributed by atoms with Gasteiger partial charge in [-0.3, -0.25) is 14.9 Å². The van der Waals surface area contributed by atoms with Gasteiger partial charge in [0.2, 0.25) is 0 Å². The van der Waals surface area contributed by atoms with Gasteiger partial charge in [0, 0.05) is 29.1 Å². The van der Waals surface area contributed by atoms with Gasteiger partial charge in [0.25, 0.3) is 11.6 Å². The summed E-state index contributed by atoms with van der Waals surface area (Å²) in [7, 11) is 0. The number of carbonyl (C=O) groups is 2. The molecule has 26 heavy (non-hydrogen) atoms. The van der Waals surface area contributed by atoms with Crippen molar-refractivity contribution in [1.82, 2.24) is 4.98 Å². The van der Waals surface area contributed by atoms with Crippen LogP contribution in [0.5, 0.6) is 0 Å². The lowest BCUT2D eigenvalue weighted by Crippen LogP contribution is -2.07. The number of carboxylic acid groups (broad SMARTS) is 1. The minimum Gasteiger partial charge on any atom is -0.478 e. The zero-order valence-electron chi connectivity index (χ0n) is 13.7. The largest absolute Gasteiger partial charge is 0.478 e. The standard InChI is InChI=1S/C18H15N3O5/c22-17-12(11-7-9(21(25)26)5-6-14(11)20-17)8-15-16(18(23)24)10-3-1-2-4-13(10)19-15/h5-8,19H,1-4H2,(H,20,22)(H,23,24). The van der Waals surface area contributed by atoms with Gasteiger partial charge in [-0.05, 0) is 43.4 Å². The SMILES string of the molecule is O=C1Nc2ccc([N+](=O)[O-])cc2C1=Cc1[nH]c2c(c1C(=O)O)CCCC2. The number of hydrogen-bond acceptors (Lipinski definition) is 4. The third kappa shape index (κ3) is 2.46. The lowest BCUT2D eigenvalue weighted by molar-refractivity contribution is -0.384. The Morgan fingerprint density at radius 1 is 1.27 bits per heavy atom. The van der Waals surface area contributed by atoms with E-state index in [1.807, 2.05) is 0 Å². The molecule has 1 aromatic heterocycles. The van der Waals surface area contributed by atoms with E-state index in [4.69, 9.17) is 0 Å². The summed E-state index contributed by atoms with van der Waals surface area (Å²) in [6.07, 6.45) is 4.85. The number of nitro benzene ring substituents is 1. The van der Waals surface area contributed by atoms with Crippen LogP contribution in [0.2, 0.25) is 0 Å². The Kier molecular flexibility index (Phi) is 3.61. The van der Waals surface area contributed by atoms with Crippen molar-refractivity contribution in [2.75, 3.05) is 5.32 Å². The molecule has 0 bridgehead atoms. The van der Waals surface area contributed by atoms with Crippen LogP contribution in [-0.2, 0) is 17.6 Å². The summed E-state index contributed by atoms with van der Waals surface area (Å²) in [5.74, 6) is -1.46. The molecular weight excluding hydrogens is 338 g/mol. The molecule has 1 amide bonds. The van der Waals surface area contributed by atoms with Gasteiger partial charge in [-0.1, -0.05) is 0 Å². The van der Waals surface area contributed by atoms with Gasteiger partial charge in [-0.25, -0.2) is 4.79 Å². The third-order valence-electron chi connectivity index (χ3n) is 4.82. The number of H-pyrrole nitrogens is 1. The second-order valence-corrected chi connectivity index (χ2v) is 6.38. The molecule has 8 heteroatoms. The summed E-state index contributed by atoms with van der Waals surface area (Å²) < 4.78 is 0. The minimum absolute atomic E-state index is 0.129. The normalized spacial score (nSPS) is 16.9. The van der Waals surface area contributed by atoms with Gasteiger partial charge in [0.05, 0.1) is 21.8 Å². The third-order valence-corrected chi connectivity index (χ3v) is 4.82. The Morgan fingerprint density at radius 3 is 2.77 bits per heavy atom. The maximum atomic E-state index is 12.3. The monoisotopic (exact) mass is 353 g/mol. The molecule has 8 nitrogen and oxygen atoms in total. The van der Waals surface area contributed by atoms with E-state index in [-0.39, 0.29) is 16.8 Å². The van der Waals surface area contributed by atoms with Crippen molar-refractivity contribution >= 4 is 34.9 Å². The van der Waals surface area contributed by atoms with Gasteiger partial charge < -0.3 is 15.4 Å². The Hall–Kier alpha value is -3.42. The van der Waals surface area contributed by atoms with Crippen LogP contribution >= 0.6 is 0 Å². The number of anilines is 1. The number of hydrogen-bond donors (Lipinski definition) is 3. The summed E-state index contributed by atoms with van der Waals surface area (Å²) >= 11 is 0. The van der Waals surface area contributed by atoms with E-state index in [2.05, 4.69) is 10.3 Å². The van der Waals surface area contributed by atoms with Crippen LogP contribution in [0.15, 0.2) is 18.2 Å². The van der Waals surface area contributed by atoms with Crippen molar-refractivity contribution < 1.29 is 19.6 Å². The number of nitrogens with zero attached hydrogens (tertiary/aromatic N) is 1. The molecule has 1 aliphatic heterocycles. The first-order valence-electron chi connectivity index (χ1n) is 8.24. The molecule has 2 heterocycles. The van der Waals surface area contributed by atoms with Crippen molar-refractivity contribution in [3.8, 4) is 0 Å². The number of aromatic nitrogens is 1. The average molecular weight is 353 g/mol. The fourth-order valence-electron chi connectivity index (χ4n) is 3.64. The molecule has 0 saturated carbocycles. The molecule has 0 spiro atoms. The first-order chi connectivity index (χ1) is 12.5. The number of amides is 1. The highest BCUT2D eigenvalue weighted by molar-refractivity contribution is 6.35. The van der Waals surface area contributed by atoms with Gasteiger partial charge in [0.15, 0.2) is 0 Å². The van der Waals surface area contributed by atoms with E-state index in [1.54, 1.807) is 0 Å². The molecule has 1 aliphatic carbocycles. The lowest BCUT2D eigenvalue weighted by Gasteiger charge is -2.10. The molecule has 2 aliphatic rings. The number of nitro groups is 1. The van der Waals surface area contributed by atoms with Crippen LogP contribution in [0.1, 0.15) is 45.7 Å². The van der Waals surface area contributed by atoms with Gasteiger partial charge in [-0.2, -0.15) is 0 Å². The van der Waals surface area contributed by atoms with E-state index in [9.17, 15) is 24.8 Å². The predicted octanol–water partition coefficient (Wildman–Crippen LogP) is 2.99. The molecule has 2 aromatic rings. The maximum Gasteiger partial charge on any atom is 0.338 e. The van der Waals surface area contributed by atoms with E-state index >= 15 is 0 Å². The predicted molar refractivity (Wildman–Crippen MR) is 94.0 cm³/mol. The quantitative estimate of drug-likeness (QED) is 0.444. The van der Waals surface area contributed by atoms with Crippen LogP contribution in [-0.4, -0.2) is 26.9 Å². The van der Waals surface area contributed by atoms with Crippen LogP contribution in [0.25, 0.3) is 11.6 Å². The van der Waals surface area contributed by atoms with Crippen molar-refractivity contribution in [2.24, 2.45) is 0 Å². The van der Waals surface area contributed by atoms with Gasteiger partial charge in [0.1, 0.15) is 0 Å². The highest BCUT2D eigenvalue weighted by Gasteiger charge is 2.29. The number of fused-ring (bicyclic) bond motifs is 2. The molecule has 3 N–H and O–H groups in total. The second kappa shape index (κ2) is 5.83. The van der Waals surface area contributed by atoms with E-state index < -0.39 is 16.8 Å². The topological polar surface area (TPSA) is 125 Å².